The summed E-state index contributed by atoms with van der Waals surface area (Å²) in [5, 5.41) is 2.79. The third kappa shape index (κ3) is 2.33. The van der Waals surface area contributed by atoms with Gasteiger partial charge in [-0.1, -0.05) is 17.7 Å². The number of piperidine rings is 1. The number of carbonyl (C=O) groups excluding carboxylic acids is 1. The number of fused-ring (bicyclic) bond motifs is 2. The van der Waals surface area contributed by atoms with Crippen molar-refractivity contribution in [3.8, 4) is 0 Å². The second-order valence-corrected chi connectivity index (χ2v) is 7.09. The van der Waals surface area contributed by atoms with Crippen LogP contribution in [0.25, 0.3) is 0 Å². The summed E-state index contributed by atoms with van der Waals surface area (Å²) in [6, 6.07) is 6.54. The number of amides is 1. The minimum absolute atomic E-state index is 0.0946. The molecule has 2 aliphatic rings. The van der Waals surface area contributed by atoms with E-state index in [0.717, 1.165) is 12.0 Å². The second-order valence-electron chi connectivity index (χ2n) is 5.52. The van der Waals surface area contributed by atoms with E-state index in [4.69, 9.17) is 4.18 Å². The van der Waals surface area contributed by atoms with Gasteiger partial charge in [0.2, 0.25) is 5.91 Å². The topological polar surface area (TPSA) is 72.5 Å². The van der Waals surface area contributed by atoms with Crippen LogP contribution in [0.3, 0.4) is 0 Å². The summed E-state index contributed by atoms with van der Waals surface area (Å²) in [5.74, 6) is -0.338. The smallest absolute Gasteiger partial charge is 0.297 e. The molecule has 6 heteroatoms. The van der Waals surface area contributed by atoms with E-state index in [2.05, 4.69) is 5.32 Å². The number of carbonyl (C=O) groups is 1. The molecule has 2 bridgehead atoms. The van der Waals surface area contributed by atoms with Crippen molar-refractivity contribution in [3.05, 3.63) is 29.8 Å². The third-order valence-electron chi connectivity index (χ3n) is 4.13. The lowest BCUT2D eigenvalue weighted by molar-refractivity contribution is -0.129. The fourth-order valence-electron chi connectivity index (χ4n) is 2.96. The lowest BCUT2D eigenvalue weighted by Crippen LogP contribution is -2.47. The molecule has 1 N–H and O–H groups in total. The molecular weight excluding hydrogens is 278 g/mol. The number of aryl methyl sites for hydroxylation is 1. The molecule has 0 aromatic heterocycles. The lowest BCUT2D eigenvalue weighted by Gasteiger charge is -2.29. The van der Waals surface area contributed by atoms with E-state index in [9.17, 15) is 13.2 Å². The predicted molar refractivity (Wildman–Crippen MR) is 72.5 cm³/mol. The van der Waals surface area contributed by atoms with Gasteiger partial charge in [0.05, 0.1) is 16.9 Å². The molecule has 3 atom stereocenters. The van der Waals surface area contributed by atoms with E-state index in [1.54, 1.807) is 12.1 Å². The molecule has 1 aromatic carbocycles. The highest BCUT2D eigenvalue weighted by molar-refractivity contribution is 7.86. The summed E-state index contributed by atoms with van der Waals surface area (Å²) in [4.78, 5) is 11.9. The van der Waals surface area contributed by atoms with Crippen LogP contribution in [0.2, 0.25) is 0 Å². The van der Waals surface area contributed by atoms with Crippen molar-refractivity contribution in [3.63, 3.8) is 0 Å². The summed E-state index contributed by atoms with van der Waals surface area (Å²) in [6.45, 7) is 2.40. The molecule has 0 radical (unpaired) electrons. The van der Waals surface area contributed by atoms with E-state index >= 15 is 0 Å². The molecule has 0 spiro atoms. The Morgan fingerprint density at radius 2 is 1.90 bits per heavy atom. The monoisotopic (exact) mass is 295 g/mol. The van der Waals surface area contributed by atoms with E-state index < -0.39 is 16.2 Å². The normalized spacial score (nSPS) is 29.2. The highest BCUT2D eigenvalue weighted by atomic mass is 32.2. The van der Waals surface area contributed by atoms with Gasteiger partial charge in [0.15, 0.2) is 0 Å². The number of benzene rings is 1. The van der Waals surface area contributed by atoms with E-state index in [-0.39, 0.29) is 22.6 Å². The molecule has 1 saturated carbocycles. The first-order valence-electron chi connectivity index (χ1n) is 6.75. The minimum Gasteiger partial charge on any atom is -0.355 e. The zero-order valence-electron chi connectivity index (χ0n) is 11.2. The number of hydrogen-bond acceptors (Lipinski definition) is 4. The Morgan fingerprint density at radius 3 is 2.60 bits per heavy atom. The van der Waals surface area contributed by atoms with Crippen LogP contribution in [0.4, 0.5) is 0 Å². The van der Waals surface area contributed by atoms with Crippen molar-refractivity contribution in [1.29, 1.82) is 0 Å². The molecule has 1 aromatic rings. The SMILES string of the molecule is Cc1ccc(S(=O)(=O)O[C@H]2[C@@H]3CC[C@H]2C(=O)NC3)cc1. The molecule has 1 amide bonds. The molecule has 2 fully saturated rings. The van der Waals surface area contributed by atoms with Crippen molar-refractivity contribution in [2.24, 2.45) is 11.8 Å². The molecule has 1 heterocycles. The van der Waals surface area contributed by atoms with Crippen LogP contribution < -0.4 is 5.32 Å². The van der Waals surface area contributed by atoms with Crippen molar-refractivity contribution >= 4 is 16.0 Å². The van der Waals surface area contributed by atoms with Gasteiger partial charge in [0, 0.05) is 12.5 Å². The predicted octanol–water partition coefficient (Wildman–Crippen LogP) is 1.22. The molecular formula is C14H17NO4S. The van der Waals surface area contributed by atoms with Crippen molar-refractivity contribution in [1.82, 2.24) is 5.32 Å². The quantitative estimate of drug-likeness (QED) is 0.851. The van der Waals surface area contributed by atoms with Crippen LogP contribution in [0.1, 0.15) is 18.4 Å². The Hall–Kier alpha value is -1.40. The molecule has 3 rings (SSSR count). The molecule has 20 heavy (non-hydrogen) atoms. The molecule has 1 saturated heterocycles. The Labute approximate surface area is 118 Å². The first kappa shape index (κ1) is 13.6. The van der Waals surface area contributed by atoms with Crippen LogP contribution in [0.15, 0.2) is 29.2 Å². The molecule has 108 valence electrons. The second kappa shape index (κ2) is 4.86. The van der Waals surface area contributed by atoms with Crippen molar-refractivity contribution in [2.75, 3.05) is 6.54 Å². The molecule has 1 aliphatic carbocycles. The Kier molecular flexibility index (Phi) is 3.30. The first-order chi connectivity index (χ1) is 9.47. The molecule has 1 aliphatic heterocycles. The number of rotatable bonds is 3. The average Bonchev–Trinajstić information content (AvgIpc) is 2.67. The summed E-state index contributed by atoms with van der Waals surface area (Å²) in [7, 11) is -3.81. The van der Waals surface area contributed by atoms with Gasteiger partial charge in [0.25, 0.3) is 10.1 Å². The summed E-state index contributed by atoms with van der Waals surface area (Å²) in [5.41, 5.74) is 0.987. The maximum Gasteiger partial charge on any atom is 0.297 e. The van der Waals surface area contributed by atoms with Gasteiger partial charge >= 0.3 is 0 Å². The zero-order chi connectivity index (χ0) is 14.3. The van der Waals surface area contributed by atoms with E-state index in [0.29, 0.717) is 13.0 Å². The van der Waals surface area contributed by atoms with Crippen LogP contribution in [-0.4, -0.2) is 27.0 Å². The minimum atomic E-state index is -3.81. The van der Waals surface area contributed by atoms with Crippen LogP contribution >= 0.6 is 0 Å². The van der Waals surface area contributed by atoms with E-state index in [1.807, 2.05) is 6.92 Å². The standard InChI is InChI=1S/C14H17NO4S/c1-9-2-5-11(6-3-9)20(17,18)19-13-10-4-7-12(13)14(16)15-8-10/h2-3,5-6,10,12-13H,4,7-8H2,1H3,(H,15,16)/t10-,12-,13+/m1/s1. The summed E-state index contributed by atoms with van der Waals surface area (Å²) < 4.78 is 29.9. The van der Waals surface area contributed by atoms with Gasteiger partial charge in [-0.2, -0.15) is 8.42 Å². The Bertz CT molecular complexity index is 623. The summed E-state index contributed by atoms with van der Waals surface area (Å²) in [6.07, 6.45) is 1.01. The van der Waals surface area contributed by atoms with Gasteiger partial charge in [-0.05, 0) is 31.9 Å². The van der Waals surface area contributed by atoms with E-state index in [1.165, 1.54) is 12.1 Å². The van der Waals surface area contributed by atoms with Crippen LogP contribution in [0.5, 0.6) is 0 Å². The van der Waals surface area contributed by atoms with Gasteiger partial charge in [-0.3, -0.25) is 8.98 Å². The Balaban J connectivity index is 1.83. The van der Waals surface area contributed by atoms with Gasteiger partial charge in [0.1, 0.15) is 0 Å². The highest BCUT2D eigenvalue weighted by Gasteiger charge is 2.47. The molecule has 0 unspecified atom stereocenters. The highest BCUT2D eigenvalue weighted by Crippen LogP contribution is 2.38. The molecule has 5 nitrogen and oxygen atoms in total. The third-order valence-corrected chi connectivity index (χ3v) is 5.46. The van der Waals surface area contributed by atoms with Crippen molar-refractivity contribution in [2.45, 2.75) is 30.8 Å². The van der Waals surface area contributed by atoms with Gasteiger partial charge < -0.3 is 5.32 Å². The summed E-state index contributed by atoms with van der Waals surface area (Å²) >= 11 is 0. The fraction of sp³-hybridized carbons (Fsp3) is 0.500. The average molecular weight is 295 g/mol. The zero-order valence-corrected chi connectivity index (χ0v) is 12.0. The number of hydrogen-bond donors (Lipinski definition) is 1. The maximum atomic E-state index is 12.3. The van der Waals surface area contributed by atoms with Crippen molar-refractivity contribution < 1.29 is 17.4 Å². The van der Waals surface area contributed by atoms with Gasteiger partial charge in [-0.25, -0.2) is 0 Å². The Morgan fingerprint density at radius 1 is 1.20 bits per heavy atom. The van der Waals surface area contributed by atoms with Crippen LogP contribution in [0, 0.1) is 18.8 Å². The maximum absolute atomic E-state index is 12.3. The van der Waals surface area contributed by atoms with Gasteiger partial charge in [-0.15, -0.1) is 0 Å². The largest absolute Gasteiger partial charge is 0.355 e. The van der Waals surface area contributed by atoms with Crippen LogP contribution in [-0.2, 0) is 19.1 Å². The number of nitrogens with one attached hydrogen (secondary N) is 1. The fourth-order valence-corrected chi connectivity index (χ4v) is 4.13. The first-order valence-corrected chi connectivity index (χ1v) is 8.16. The lowest BCUT2D eigenvalue weighted by atomic mass is 9.96.